The van der Waals surface area contributed by atoms with Gasteiger partial charge in [0.15, 0.2) is 0 Å². The molecule has 110 valence electrons. The smallest absolute Gasteiger partial charge is 0.327 e. The number of carbonyl (C=O) groups is 2. The van der Waals surface area contributed by atoms with Gasteiger partial charge in [-0.05, 0) is 25.5 Å². The van der Waals surface area contributed by atoms with Crippen molar-refractivity contribution in [3.8, 4) is 0 Å². The zero-order chi connectivity index (χ0) is 14.7. The van der Waals surface area contributed by atoms with Crippen molar-refractivity contribution in [2.45, 2.75) is 38.2 Å². The predicted octanol–water partition coefficient (Wildman–Crippen LogP) is 2.04. The minimum Gasteiger partial charge on any atom is -0.480 e. The molecule has 0 aliphatic carbocycles. The van der Waals surface area contributed by atoms with Crippen LogP contribution < -0.4 is 5.32 Å². The van der Waals surface area contributed by atoms with Crippen molar-refractivity contribution in [1.29, 1.82) is 0 Å². The third kappa shape index (κ3) is 3.09. The normalized spacial score (nSPS) is 22.0. The number of rotatable bonds is 4. The molecule has 2 atom stereocenters. The first-order chi connectivity index (χ1) is 9.52. The van der Waals surface area contributed by atoms with E-state index in [4.69, 9.17) is 4.42 Å². The number of hydrogen-bond donors (Lipinski definition) is 2. The number of thioether (sulfide) groups is 1. The zero-order valence-electron chi connectivity index (χ0n) is 11.5. The first kappa shape index (κ1) is 14.8. The Bertz CT molecular complexity index is 502. The summed E-state index contributed by atoms with van der Waals surface area (Å²) in [6, 6.07) is 2.49. The number of aryl methyl sites for hydroxylation is 1. The second-order valence-electron chi connectivity index (χ2n) is 4.63. The van der Waals surface area contributed by atoms with Gasteiger partial charge >= 0.3 is 12.0 Å². The third-order valence-electron chi connectivity index (χ3n) is 3.17. The van der Waals surface area contributed by atoms with Crippen molar-refractivity contribution in [3.63, 3.8) is 0 Å². The number of urea groups is 1. The maximum Gasteiger partial charge on any atom is 0.327 e. The van der Waals surface area contributed by atoms with E-state index in [0.29, 0.717) is 11.5 Å². The lowest BCUT2D eigenvalue weighted by Crippen LogP contribution is -2.49. The molecule has 0 aromatic carbocycles. The lowest BCUT2D eigenvalue weighted by Gasteiger charge is -2.26. The van der Waals surface area contributed by atoms with Gasteiger partial charge in [-0.2, -0.15) is 0 Å². The molecule has 1 saturated heterocycles. The highest BCUT2D eigenvalue weighted by atomic mass is 32.2. The standard InChI is InChI=1S/C13H18N2O4S/c1-3-11-15(10(7-20-11)12(16)17)13(18)14-6-9-5-4-8(2)19-9/h4-5,10-11H,3,6-7H2,1-2H3,(H,14,18)(H,16,17). The van der Waals surface area contributed by atoms with Gasteiger partial charge in [-0.25, -0.2) is 9.59 Å². The summed E-state index contributed by atoms with van der Waals surface area (Å²) in [6.07, 6.45) is 0.724. The summed E-state index contributed by atoms with van der Waals surface area (Å²) in [6.45, 7) is 4.03. The number of nitrogens with zero attached hydrogens (tertiary/aromatic N) is 1. The van der Waals surface area contributed by atoms with Gasteiger partial charge < -0.3 is 14.8 Å². The summed E-state index contributed by atoms with van der Waals surface area (Å²) < 4.78 is 5.37. The maximum absolute atomic E-state index is 12.2. The molecule has 1 aromatic heterocycles. The van der Waals surface area contributed by atoms with Crippen LogP contribution in [0.2, 0.25) is 0 Å². The maximum atomic E-state index is 12.2. The van der Waals surface area contributed by atoms with Gasteiger partial charge in [0.25, 0.3) is 0 Å². The Labute approximate surface area is 121 Å². The molecule has 1 fully saturated rings. The molecule has 1 aromatic rings. The van der Waals surface area contributed by atoms with Crippen LogP contribution in [0.25, 0.3) is 0 Å². The molecular weight excluding hydrogens is 280 g/mol. The molecule has 2 N–H and O–H groups in total. The second kappa shape index (κ2) is 6.21. The fraction of sp³-hybridized carbons (Fsp3) is 0.538. The zero-order valence-corrected chi connectivity index (χ0v) is 12.3. The largest absolute Gasteiger partial charge is 0.480 e. The highest BCUT2D eigenvalue weighted by molar-refractivity contribution is 8.00. The summed E-state index contributed by atoms with van der Waals surface area (Å²) in [5.41, 5.74) is 0. The number of carboxylic acids is 1. The molecule has 7 heteroatoms. The van der Waals surface area contributed by atoms with Crippen molar-refractivity contribution in [2.24, 2.45) is 0 Å². The number of carbonyl (C=O) groups excluding carboxylic acids is 1. The van der Waals surface area contributed by atoms with Crippen molar-refractivity contribution < 1.29 is 19.1 Å². The number of amides is 2. The van der Waals surface area contributed by atoms with Crippen LogP contribution in [0.5, 0.6) is 0 Å². The van der Waals surface area contributed by atoms with E-state index in [-0.39, 0.29) is 17.9 Å². The number of carboxylic acid groups (broad SMARTS) is 1. The Morgan fingerprint density at radius 1 is 1.55 bits per heavy atom. The van der Waals surface area contributed by atoms with Crippen LogP contribution in [-0.4, -0.2) is 39.2 Å². The van der Waals surface area contributed by atoms with Gasteiger partial charge in [-0.3, -0.25) is 4.90 Å². The van der Waals surface area contributed by atoms with Crippen LogP contribution in [0.1, 0.15) is 24.9 Å². The Balaban J connectivity index is 2.00. The van der Waals surface area contributed by atoms with Crippen LogP contribution in [-0.2, 0) is 11.3 Å². The Morgan fingerprint density at radius 2 is 2.30 bits per heavy atom. The number of furan rings is 1. The highest BCUT2D eigenvalue weighted by Gasteiger charge is 2.40. The van der Waals surface area contributed by atoms with Gasteiger partial charge in [0.2, 0.25) is 0 Å². The van der Waals surface area contributed by atoms with Crippen LogP contribution >= 0.6 is 11.8 Å². The molecule has 6 nitrogen and oxygen atoms in total. The van der Waals surface area contributed by atoms with E-state index in [1.54, 1.807) is 6.07 Å². The van der Waals surface area contributed by atoms with Crippen LogP contribution in [0, 0.1) is 6.92 Å². The van der Waals surface area contributed by atoms with Crippen LogP contribution in [0.15, 0.2) is 16.5 Å². The average Bonchev–Trinajstić information content (AvgIpc) is 3.01. The molecule has 0 spiro atoms. The molecule has 2 unspecified atom stereocenters. The van der Waals surface area contributed by atoms with Crippen molar-refractivity contribution in [2.75, 3.05) is 5.75 Å². The van der Waals surface area contributed by atoms with E-state index in [9.17, 15) is 14.7 Å². The van der Waals surface area contributed by atoms with E-state index < -0.39 is 12.0 Å². The Kier molecular flexibility index (Phi) is 4.59. The van der Waals surface area contributed by atoms with E-state index in [1.807, 2.05) is 19.9 Å². The highest BCUT2D eigenvalue weighted by Crippen LogP contribution is 2.31. The minimum atomic E-state index is -0.961. The molecule has 2 heterocycles. The molecule has 0 saturated carbocycles. The summed E-state index contributed by atoms with van der Waals surface area (Å²) in [5, 5.41) is 11.8. The SMILES string of the molecule is CCC1SCC(C(=O)O)N1C(=O)NCc1ccc(C)o1. The summed E-state index contributed by atoms with van der Waals surface area (Å²) in [4.78, 5) is 24.8. The molecule has 1 aliphatic heterocycles. The van der Waals surface area contributed by atoms with E-state index in [0.717, 1.165) is 12.2 Å². The van der Waals surface area contributed by atoms with E-state index >= 15 is 0 Å². The molecule has 2 rings (SSSR count). The molecule has 20 heavy (non-hydrogen) atoms. The molecular formula is C13H18N2O4S. The van der Waals surface area contributed by atoms with Gasteiger partial charge in [0, 0.05) is 5.75 Å². The van der Waals surface area contributed by atoms with Gasteiger partial charge in [0.05, 0.1) is 11.9 Å². The first-order valence-electron chi connectivity index (χ1n) is 6.48. The van der Waals surface area contributed by atoms with Gasteiger partial charge in [0.1, 0.15) is 17.6 Å². The number of hydrogen-bond acceptors (Lipinski definition) is 4. The molecule has 0 bridgehead atoms. The lowest BCUT2D eigenvalue weighted by atomic mass is 10.3. The van der Waals surface area contributed by atoms with Crippen molar-refractivity contribution >= 4 is 23.8 Å². The van der Waals surface area contributed by atoms with Crippen LogP contribution in [0.4, 0.5) is 4.79 Å². The number of aliphatic carboxylic acids is 1. The number of nitrogens with one attached hydrogen (secondary N) is 1. The van der Waals surface area contributed by atoms with E-state index in [2.05, 4.69) is 5.32 Å². The predicted molar refractivity (Wildman–Crippen MR) is 75.5 cm³/mol. The van der Waals surface area contributed by atoms with Crippen LogP contribution in [0.3, 0.4) is 0 Å². The summed E-state index contributed by atoms with van der Waals surface area (Å²) in [7, 11) is 0. The topological polar surface area (TPSA) is 82.8 Å². The Hall–Kier alpha value is -1.63. The minimum absolute atomic E-state index is 0.0885. The monoisotopic (exact) mass is 298 g/mol. The Morgan fingerprint density at radius 3 is 2.85 bits per heavy atom. The van der Waals surface area contributed by atoms with Crippen molar-refractivity contribution in [1.82, 2.24) is 10.2 Å². The summed E-state index contributed by atoms with van der Waals surface area (Å²) >= 11 is 1.50. The fourth-order valence-electron chi connectivity index (χ4n) is 2.17. The molecule has 0 radical (unpaired) electrons. The fourth-order valence-corrected chi connectivity index (χ4v) is 3.52. The third-order valence-corrected chi connectivity index (χ3v) is 4.62. The molecule has 1 aliphatic rings. The summed E-state index contributed by atoms with van der Waals surface area (Å²) in [5.74, 6) is 0.905. The lowest BCUT2D eigenvalue weighted by molar-refractivity contribution is -0.141. The first-order valence-corrected chi connectivity index (χ1v) is 7.53. The van der Waals surface area contributed by atoms with Gasteiger partial charge in [-0.15, -0.1) is 11.8 Å². The van der Waals surface area contributed by atoms with Gasteiger partial charge in [-0.1, -0.05) is 6.92 Å². The van der Waals surface area contributed by atoms with Crippen molar-refractivity contribution in [3.05, 3.63) is 23.7 Å². The van der Waals surface area contributed by atoms with E-state index in [1.165, 1.54) is 16.7 Å². The quantitative estimate of drug-likeness (QED) is 0.888. The molecule has 2 amide bonds. The second-order valence-corrected chi connectivity index (χ2v) is 5.84. The average molecular weight is 298 g/mol.